The van der Waals surface area contributed by atoms with E-state index in [-0.39, 0.29) is 10.6 Å². The van der Waals surface area contributed by atoms with Gasteiger partial charge in [-0.15, -0.1) is 18.5 Å². The van der Waals surface area contributed by atoms with Crippen LogP contribution in [0.3, 0.4) is 0 Å². The van der Waals surface area contributed by atoms with Crippen LogP contribution in [0.25, 0.3) is 0 Å². The molecule has 0 spiro atoms. The highest BCUT2D eigenvalue weighted by Crippen LogP contribution is 2.54. The standard InChI is InChI=1S/C22H44N4P2Si/c1-21(2,3)20-16(29(4,5)6)11-15(14-27)19(20)22(28,17-12-23-7-9-25-17)18-13-24-8-10-26-18/h11,17-18,20,23-26H,7-10,12-14,27-28H2,1-6H3. The van der Waals surface area contributed by atoms with Gasteiger partial charge in [-0.2, -0.15) is 0 Å². The van der Waals surface area contributed by atoms with Crippen molar-refractivity contribution in [2.24, 2.45) is 11.3 Å². The maximum atomic E-state index is 3.90. The summed E-state index contributed by atoms with van der Waals surface area (Å²) in [7, 11) is 4.98. The Morgan fingerprint density at radius 3 is 1.83 bits per heavy atom. The van der Waals surface area contributed by atoms with E-state index in [4.69, 9.17) is 0 Å². The summed E-state index contributed by atoms with van der Waals surface area (Å²) < 4.78 is 0. The van der Waals surface area contributed by atoms with Crippen molar-refractivity contribution in [3.8, 4) is 0 Å². The molecule has 0 aromatic carbocycles. The molecule has 0 aromatic rings. The van der Waals surface area contributed by atoms with E-state index in [1.165, 1.54) is 0 Å². The van der Waals surface area contributed by atoms with Crippen LogP contribution in [-0.4, -0.2) is 70.7 Å². The maximum Gasteiger partial charge on any atom is 0.0732 e. The van der Waals surface area contributed by atoms with Crippen molar-refractivity contribution in [3.63, 3.8) is 0 Å². The van der Waals surface area contributed by atoms with Crippen LogP contribution in [0.1, 0.15) is 20.8 Å². The molecule has 4 N–H and O–H groups in total. The Labute approximate surface area is 184 Å². The van der Waals surface area contributed by atoms with E-state index >= 15 is 0 Å². The van der Waals surface area contributed by atoms with Crippen LogP contribution in [-0.2, 0) is 0 Å². The average Bonchev–Trinajstić information content (AvgIpc) is 3.10. The van der Waals surface area contributed by atoms with Crippen LogP contribution in [0.5, 0.6) is 0 Å². The van der Waals surface area contributed by atoms with Crippen LogP contribution >= 0.6 is 18.5 Å². The molecule has 29 heavy (non-hydrogen) atoms. The molecule has 4 nitrogen and oxygen atoms in total. The van der Waals surface area contributed by atoms with Crippen LogP contribution in [0.2, 0.25) is 19.6 Å². The van der Waals surface area contributed by atoms with E-state index in [0.29, 0.717) is 18.0 Å². The topological polar surface area (TPSA) is 48.1 Å². The number of hydrogen-bond acceptors (Lipinski definition) is 4. The Kier molecular flexibility index (Phi) is 7.55. The van der Waals surface area contributed by atoms with E-state index in [9.17, 15) is 0 Å². The summed E-state index contributed by atoms with van der Waals surface area (Å²) in [6.07, 6.45) is 3.64. The summed E-state index contributed by atoms with van der Waals surface area (Å²) in [4.78, 5) is 0. The number of piperazine rings is 2. The molecule has 1 aliphatic carbocycles. The smallest absolute Gasteiger partial charge is 0.0732 e. The zero-order valence-corrected chi connectivity index (χ0v) is 22.7. The summed E-state index contributed by atoms with van der Waals surface area (Å²) in [6, 6.07) is 0.805. The molecule has 5 unspecified atom stereocenters. The second kappa shape index (κ2) is 9.10. The van der Waals surface area contributed by atoms with Gasteiger partial charge in [0.25, 0.3) is 0 Å². The highest BCUT2D eigenvalue weighted by Gasteiger charge is 2.53. The fraction of sp³-hybridized carbons (Fsp3) is 0.818. The lowest BCUT2D eigenvalue weighted by molar-refractivity contribution is 0.241. The van der Waals surface area contributed by atoms with Gasteiger partial charge < -0.3 is 21.3 Å². The van der Waals surface area contributed by atoms with Crippen LogP contribution in [0, 0.1) is 11.3 Å². The molecule has 0 amide bonds. The SMILES string of the molecule is CC(C)(C)C1C([Si](C)(C)C)=CC(CP)=C1C(P)(C1CNCCN1)C1CNCCN1. The predicted octanol–water partition coefficient (Wildman–Crippen LogP) is 2.37. The Morgan fingerprint density at radius 1 is 0.966 bits per heavy atom. The fourth-order valence-corrected chi connectivity index (χ4v) is 8.75. The molecule has 2 heterocycles. The fourth-order valence-electron chi connectivity index (χ4n) is 5.54. The maximum absolute atomic E-state index is 3.90. The summed E-state index contributed by atoms with van der Waals surface area (Å²) in [5.74, 6) is 0.509. The largest absolute Gasteiger partial charge is 0.314 e. The Hall–Kier alpha value is 0.397. The minimum Gasteiger partial charge on any atom is -0.314 e. The summed E-state index contributed by atoms with van der Waals surface area (Å²) in [5, 5.41) is 16.8. The monoisotopic (exact) mass is 454 g/mol. The van der Waals surface area contributed by atoms with E-state index in [2.05, 4.69) is 86.2 Å². The van der Waals surface area contributed by atoms with Gasteiger partial charge in [0.1, 0.15) is 0 Å². The predicted molar refractivity (Wildman–Crippen MR) is 138 cm³/mol. The zero-order chi connectivity index (χ0) is 21.4. The van der Waals surface area contributed by atoms with Gasteiger partial charge in [-0.1, -0.05) is 51.7 Å². The molecule has 3 aliphatic rings. The molecule has 3 rings (SSSR count). The third kappa shape index (κ3) is 4.77. The lowest BCUT2D eigenvalue weighted by Crippen LogP contribution is -2.69. The number of allylic oxidation sites excluding steroid dienone is 3. The Balaban J connectivity index is 2.16. The molecule has 7 heteroatoms. The van der Waals surface area contributed by atoms with E-state index < -0.39 is 8.07 Å². The molecule has 0 bridgehead atoms. The second-order valence-corrected chi connectivity index (χ2v) is 17.6. The minimum atomic E-state index is -1.45. The highest BCUT2D eigenvalue weighted by atomic mass is 31.0. The zero-order valence-electron chi connectivity index (χ0n) is 19.4. The quantitative estimate of drug-likeness (QED) is 0.381. The van der Waals surface area contributed by atoms with Gasteiger partial charge in [0.2, 0.25) is 0 Å². The van der Waals surface area contributed by atoms with Gasteiger partial charge in [-0.3, -0.25) is 0 Å². The first kappa shape index (κ1) is 24.0. The molecule has 5 atom stereocenters. The van der Waals surface area contributed by atoms with Crippen molar-refractivity contribution in [1.29, 1.82) is 0 Å². The number of nitrogens with one attached hydrogen (secondary N) is 4. The van der Waals surface area contributed by atoms with Gasteiger partial charge in [0, 0.05) is 62.4 Å². The van der Waals surface area contributed by atoms with Crippen molar-refractivity contribution in [2.75, 3.05) is 45.4 Å². The molecule has 0 aromatic heterocycles. The lowest BCUT2D eigenvalue weighted by Gasteiger charge is -2.52. The molecule has 166 valence electrons. The molecule has 2 fully saturated rings. The average molecular weight is 455 g/mol. The Morgan fingerprint density at radius 2 is 1.48 bits per heavy atom. The van der Waals surface area contributed by atoms with Crippen LogP contribution < -0.4 is 21.3 Å². The van der Waals surface area contributed by atoms with Crippen molar-refractivity contribution >= 4 is 26.6 Å². The number of hydrogen-bond donors (Lipinski definition) is 4. The van der Waals surface area contributed by atoms with Gasteiger partial charge in [-0.25, -0.2) is 0 Å². The Bertz CT molecular complexity index is 633. The molecular formula is C22H44N4P2Si. The minimum absolute atomic E-state index is 0.0252. The first-order valence-electron chi connectivity index (χ1n) is 11.3. The molecule has 2 aliphatic heterocycles. The second-order valence-electron chi connectivity index (χ2n) is 11.1. The first-order valence-corrected chi connectivity index (χ1v) is 16.2. The van der Waals surface area contributed by atoms with Gasteiger partial charge in [-0.05, 0) is 22.7 Å². The third-order valence-electron chi connectivity index (χ3n) is 6.93. The van der Waals surface area contributed by atoms with Crippen molar-refractivity contribution in [3.05, 3.63) is 22.4 Å². The lowest BCUT2D eigenvalue weighted by atomic mass is 9.68. The molecule has 0 saturated carbocycles. The number of rotatable bonds is 5. The van der Waals surface area contributed by atoms with Crippen molar-refractivity contribution < 1.29 is 0 Å². The van der Waals surface area contributed by atoms with Gasteiger partial charge in [0.05, 0.1) is 8.07 Å². The van der Waals surface area contributed by atoms with Crippen LogP contribution in [0.4, 0.5) is 0 Å². The van der Waals surface area contributed by atoms with Gasteiger partial charge in [0.15, 0.2) is 0 Å². The van der Waals surface area contributed by atoms with Crippen molar-refractivity contribution in [1.82, 2.24) is 21.3 Å². The molecule has 0 radical (unpaired) electrons. The third-order valence-corrected chi connectivity index (χ3v) is 10.6. The van der Waals surface area contributed by atoms with Crippen molar-refractivity contribution in [2.45, 2.75) is 57.7 Å². The van der Waals surface area contributed by atoms with E-state index in [1.54, 1.807) is 16.3 Å². The van der Waals surface area contributed by atoms with E-state index in [0.717, 1.165) is 45.4 Å². The van der Waals surface area contributed by atoms with E-state index in [1.807, 2.05) is 0 Å². The highest BCUT2D eigenvalue weighted by molar-refractivity contribution is 7.20. The summed E-state index contributed by atoms with van der Waals surface area (Å²) >= 11 is 0. The first-order chi connectivity index (χ1) is 13.5. The summed E-state index contributed by atoms with van der Waals surface area (Å²) in [5.41, 5.74) is 3.43. The molecular weight excluding hydrogens is 410 g/mol. The summed E-state index contributed by atoms with van der Waals surface area (Å²) in [6.45, 7) is 21.1. The molecule has 2 saturated heterocycles. The van der Waals surface area contributed by atoms with Crippen LogP contribution in [0.15, 0.2) is 22.4 Å². The van der Waals surface area contributed by atoms with Gasteiger partial charge >= 0.3 is 0 Å². The normalized spacial score (nSPS) is 31.6.